The second-order valence-electron chi connectivity index (χ2n) is 3.82. The van der Waals surface area contributed by atoms with Crippen LogP contribution in [0, 0.1) is 0 Å². The molecule has 1 aliphatic heterocycles. The average molecular weight is 211 g/mol. The molecule has 3 nitrogen and oxygen atoms in total. The van der Waals surface area contributed by atoms with Crippen molar-refractivity contribution < 1.29 is 9.90 Å². The zero-order valence-corrected chi connectivity index (χ0v) is 8.47. The lowest BCUT2D eigenvalue weighted by molar-refractivity contribution is 0.0697. The summed E-state index contributed by atoms with van der Waals surface area (Å²) in [6.07, 6.45) is 2.72. The number of aliphatic imine (C=N–C) groups is 1. The quantitative estimate of drug-likeness (QED) is 0.788. The van der Waals surface area contributed by atoms with Gasteiger partial charge in [0.15, 0.2) is 0 Å². The predicted molar refractivity (Wildman–Crippen MR) is 62.8 cm³/mol. The maximum atomic E-state index is 10.9. The van der Waals surface area contributed by atoms with Gasteiger partial charge in [-0.15, -0.1) is 0 Å². The number of carboxylic acid groups (broad SMARTS) is 1. The first kappa shape index (κ1) is 9.09. The van der Waals surface area contributed by atoms with Crippen molar-refractivity contribution in [3.63, 3.8) is 0 Å². The van der Waals surface area contributed by atoms with Gasteiger partial charge in [-0.3, -0.25) is 4.99 Å². The summed E-state index contributed by atoms with van der Waals surface area (Å²) in [5.74, 6) is -0.890. The van der Waals surface area contributed by atoms with Crippen LogP contribution in [0.15, 0.2) is 35.3 Å². The van der Waals surface area contributed by atoms with Gasteiger partial charge in [0.25, 0.3) is 0 Å². The Morgan fingerprint density at radius 3 is 2.94 bits per heavy atom. The van der Waals surface area contributed by atoms with Crippen LogP contribution >= 0.6 is 0 Å². The third-order valence-corrected chi connectivity index (χ3v) is 2.88. The van der Waals surface area contributed by atoms with Crippen molar-refractivity contribution in [2.24, 2.45) is 4.99 Å². The summed E-state index contributed by atoms with van der Waals surface area (Å²) in [6, 6.07) is 9.07. The number of fused-ring (bicyclic) bond motifs is 3. The largest absolute Gasteiger partial charge is 0.478 e. The number of rotatable bonds is 1. The van der Waals surface area contributed by atoms with Crippen molar-refractivity contribution in [2.75, 3.05) is 0 Å². The van der Waals surface area contributed by atoms with Gasteiger partial charge in [0.1, 0.15) is 0 Å². The molecule has 0 saturated heterocycles. The minimum atomic E-state index is -0.890. The minimum Gasteiger partial charge on any atom is -0.478 e. The molecule has 16 heavy (non-hydrogen) atoms. The number of hydrogen-bond acceptors (Lipinski definition) is 2. The molecular formula is C13H9NO2. The molecule has 0 fully saturated rings. The monoisotopic (exact) mass is 211 g/mol. The first-order valence-electron chi connectivity index (χ1n) is 5.07. The van der Waals surface area contributed by atoms with E-state index in [-0.39, 0.29) is 0 Å². The minimum absolute atomic E-state index is 0.325. The van der Waals surface area contributed by atoms with Gasteiger partial charge in [-0.05, 0) is 34.5 Å². The number of hydrogen-bond donors (Lipinski definition) is 1. The normalized spacial score (nSPS) is 13.0. The van der Waals surface area contributed by atoms with Crippen LogP contribution in [0.25, 0.3) is 10.8 Å². The maximum absolute atomic E-state index is 10.9. The van der Waals surface area contributed by atoms with Gasteiger partial charge in [-0.1, -0.05) is 12.1 Å². The molecule has 0 aliphatic carbocycles. The fourth-order valence-electron chi connectivity index (χ4n) is 2.09. The molecule has 0 bridgehead atoms. The summed E-state index contributed by atoms with van der Waals surface area (Å²) in [7, 11) is 0. The maximum Gasteiger partial charge on any atom is 0.335 e. The van der Waals surface area contributed by atoms with Crippen LogP contribution in [-0.2, 0) is 6.42 Å². The highest BCUT2D eigenvalue weighted by atomic mass is 16.4. The van der Waals surface area contributed by atoms with Crippen LogP contribution in [0.5, 0.6) is 0 Å². The molecule has 3 rings (SSSR count). The van der Waals surface area contributed by atoms with E-state index in [1.165, 1.54) is 5.56 Å². The van der Waals surface area contributed by atoms with Crippen LogP contribution < -0.4 is 0 Å². The third kappa shape index (κ3) is 1.21. The molecule has 2 aromatic carbocycles. The summed E-state index contributed by atoms with van der Waals surface area (Å²) in [6.45, 7) is 0. The van der Waals surface area contributed by atoms with E-state index in [1.807, 2.05) is 24.4 Å². The van der Waals surface area contributed by atoms with E-state index in [4.69, 9.17) is 5.11 Å². The van der Waals surface area contributed by atoms with Crippen LogP contribution in [0.2, 0.25) is 0 Å². The number of nitrogens with zero attached hydrogens (tertiary/aromatic N) is 1. The van der Waals surface area contributed by atoms with Gasteiger partial charge in [0.2, 0.25) is 0 Å². The van der Waals surface area contributed by atoms with Crippen LogP contribution in [0.1, 0.15) is 15.9 Å². The first-order valence-corrected chi connectivity index (χ1v) is 5.07. The van der Waals surface area contributed by atoms with Gasteiger partial charge >= 0.3 is 5.97 Å². The highest BCUT2D eigenvalue weighted by Crippen LogP contribution is 2.31. The van der Waals surface area contributed by atoms with E-state index >= 15 is 0 Å². The van der Waals surface area contributed by atoms with Crippen LogP contribution in [0.3, 0.4) is 0 Å². The fourth-order valence-corrected chi connectivity index (χ4v) is 2.09. The van der Waals surface area contributed by atoms with Crippen molar-refractivity contribution in [2.45, 2.75) is 6.42 Å². The summed E-state index contributed by atoms with van der Waals surface area (Å²) < 4.78 is 0. The van der Waals surface area contributed by atoms with Gasteiger partial charge in [-0.2, -0.15) is 0 Å². The molecule has 0 spiro atoms. The molecule has 0 aromatic heterocycles. The Morgan fingerprint density at radius 1 is 1.25 bits per heavy atom. The summed E-state index contributed by atoms with van der Waals surface area (Å²) >= 11 is 0. The van der Waals surface area contributed by atoms with E-state index in [1.54, 1.807) is 12.1 Å². The summed E-state index contributed by atoms with van der Waals surface area (Å²) in [5, 5.41) is 11.0. The standard InChI is InChI=1S/C13H9NO2/c15-13(16)9-1-3-10-8(7-9)2-4-12-11(10)5-6-14-12/h1-4,6-7H,5H2,(H,15,16). The van der Waals surface area contributed by atoms with Crippen molar-refractivity contribution >= 4 is 28.6 Å². The lowest BCUT2D eigenvalue weighted by atomic mass is 10.00. The molecule has 2 aromatic rings. The Morgan fingerprint density at radius 2 is 2.12 bits per heavy atom. The molecule has 0 amide bonds. The Kier molecular flexibility index (Phi) is 1.80. The second-order valence-corrected chi connectivity index (χ2v) is 3.82. The Hall–Kier alpha value is -2.16. The van der Waals surface area contributed by atoms with Crippen LogP contribution in [-0.4, -0.2) is 17.3 Å². The van der Waals surface area contributed by atoms with E-state index in [0.717, 1.165) is 22.9 Å². The number of carbonyl (C=O) groups is 1. The predicted octanol–water partition coefficient (Wildman–Crippen LogP) is 2.80. The molecule has 3 heteroatoms. The third-order valence-electron chi connectivity index (χ3n) is 2.88. The number of carboxylic acids is 1. The lowest BCUT2D eigenvalue weighted by Gasteiger charge is -2.05. The van der Waals surface area contributed by atoms with E-state index < -0.39 is 5.97 Å². The number of aromatic carboxylic acids is 1. The van der Waals surface area contributed by atoms with Crippen molar-refractivity contribution in [3.8, 4) is 0 Å². The van der Waals surface area contributed by atoms with Crippen molar-refractivity contribution in [3.05, 3.63) is 41.5 Å². The van der Waals surface area contributed by atoms with Gasteiger partial charge in [-0.25, -0.2) is 4.79 Å². The number of benzene rings is 2. The van der Waals surface area contributed by atoms with E-state index in [9.17, 15) is 4.79 Å². The Balaban J connectivity index is 2.29. The van der Waals surface area contributed by atoms with Crippen LogP contribution in [0.4, 0.5) is 5.69 Å². The SMILES string of the molecule is O=C(O)c1ccc2c3c(ccc2c1)N=CC3. The van der Waals surface area contributed by atoms with Gasteiger partial charge < -0.3 is 5.11 Å². The Labute approximate surface area is 92.1 Å². The van der Waals surface area contributed by atoms with E-state index in [2.05, 4.69) is 4.99 Å². The highest BCUT2D eigenvalue weighted by Gasteiger charge is 2.11. The fraction of sp³-hybridized carbons (Fsp3) is 0.0769. The molecule has 0 saturated carbocycles. The summed E-state index contributed by atoms with van der Waals surface area (Å²) in [5.41, 5.74) is 2.51. The molecule has 0 unspecified atom stereocenters. The van der Waals surface area contributed by atoms with Gasteiger partial charge in [0.05, 0.1) is 11.3 Å². The molecular weight excluding hydrogens is 202 g/mol. The zero-order valence-electron chi connectivity index (χ0n) is 8.47. The molecule has 78 valence electrons. The molecule has 0 radical (unpaired) electrons. The first-order chi connectivity index (χ1) is 7.75. The van der Waals surface area contributed by atoms with Crippen molar-refractivity contribution in [1.29, 1.82) is 0 Å². The average Bonchev–Trinajstić information content (AvgIpc) is 2.76. The van der Waals surface area contributed by atoms with Crippen molar-refractivity contribution in [1.82, 2.24) is 0 Å². The zero-order chi connectivity index (χ0) is 11.1. The molecule has 1 N–H and O–H groups in total. The van der Waals surface area contributed by atoms with Gasteiger partial charge in [0, 0.05) is 12.6 Å². The topological polar surface area (TPSA) is 49.7 Å². The smallest absolute Gasteiger partial charge is 0.335 e. The van der Waals surface area contributed by atoms with E-state index in [0.29, 0.717) is 5.56 Å². The summed E-state index contributed by atoms with van der Waals surface area (Å²) in [4.78, 5) is 15.1. The Bertz CT molecular complexity index is 629. The molecule has 1 aliphatic rings. The lowest BCUT2D eigenvalue weighted by Crippen LogP contribution is -1.95. The molecule has 0 atom stereocenters. The second kappa shape index (κ2) is 3.17. The molecule has 1 heterocycles. The highest BCUT2D eigenvalue weighted by molar-refractivity contribution is 5.99.